The summed E-state index contributed by atoms with van der Waals surface area (Å²) in [5.74, 6) is 0.287. The molecule has 0 fully saturated rings. The SMILES string of the molecule is CCCCCCCCCCCCCC(=O)NC(CC)CCCCCCCCCCCC. The predicted octanol–water partition coefficient (Wildman–Crippen LogP) is 9.89. The molecular weight excluding hydrogens is 378 g/mol. The minimum absolute atomic E-state index is 0.287. The van der Waals surface area contributed by atoms with Gasteiger partial charge in [-0.3, -0.25) is 4.79 Å². The van der Waals surface area contributed by atoms with E-state index >= 15 is 0 Å². The van der Waals surface area contributed by atoms with Gasteiger partial charge in [-0.05, 0) is 19.3 Å². The maximum Gasteiger partial charge on any atom is 0.220 e. The van der Waals surface area contributed by atoms with E-state index < -0.39 is 0 Å². The van der Waals surface area contributed by atoms with E-state index in [2.05, 4.69) is 26.1 Å². The zero-order chi connectivity index (χ0) is 22.8. The van der Waals surface area contributed by atoms with Crippen LogP contribution in [0.5, 0.6) is 0 Å². The zero-order valence-corrected chi connectivity index (χ0v) is 22.0. The fourth-order valence-electron chi connectivity index (χ4n) is 4.51. The summed E-state index contributed by atoms with van der Waals surface area (Å²) in [7, 11) is 0. The Labute approximate surface area is 197 Å². The second kappa shape index (κ2) is 25.7. The highest BCUT2D eigenvalue weighted by Crippen LogP contribution is 2.14. The molecule has 0 rings (SSSR count). The second-order valence-electron chi connectivity index (χ2n) is 9.93. The number of rotatable bonds is 25. The van der Waals surface area contributed by atoms with Crippen LogP contribution in [-0.4, -0.2) is 11.9 Å². The number of carbonyl (C=O) groups is 1. The van der Waals surface area contributed by atoms with Crippen molar-refractivity contribution < 1.29 is 4.79 Å². The lowest BCUT2D eigenvalue weighted by atomic mass is 10.0. The van der Waals surface area contributed by atoms with E-state index in [0.717, 1.165) is 25.7 Å². The van der Waals surface area contributed by atoms with Gasteiger partial charge in [0, 0.05) is 12.5 Å². The number of hydrogen-bond acceptors (Lipinski definition) is 1. The molecule has 2 nitrogen and oxygen atoms in total. The van der Waals surface area contributed by atoms with E-state index in [1.54, 1.807) is 0 Å². The van der Waals surface area contributed by atoms with E-state index in [-0.39, 0.29) is 5.91 Å². The smallest absolute Gasteiger partial charge is 0.220 e. The van der Waals surface area contributed by atoms with Crippen LogP contribution in [-0.2, 0) is 4.79 Å². The molecule has 0 aromatic carbocycles. The Morgan fingerprint density at radius 2 is 0.871 bits per heavy atom. The fraction of sp³-hybridized carbons (Fsp3) is 0.966. The van der Waals surface area contributed by atoms with E-state index in [9.17, 15) is 4.79 Å². The molecule has 0 bridgehead atoms. The third-order valence-electron chi connectivity index (χ3n) is 6.77. The Bertz CT molecular complexity index is 355. The van der Waals surface area contributed by atoms with Crippen molar-refractivity contribution in [3.63, 3.8) is 0 Å². The molecule has 1 amide bonds. The summed E-state index contributed by atoms with van der Waals surface area (Å²) in [6.45, 7) is 6.77. The molecule has 0 heterocycles. The lowest BCUT2D eigenvalue weighted by Gasteiger charge is -2.17. The normalized spacial score (nSPS) is 12.2. The quantitative estimate of drug-likeness (QED) is 0.141. The first-order valence-corrected chi connectivity index (χ1v) is 14.5. The van der Waals surface area contributed by atoms with Crippen LogP contribution in [0.3, 0.4) is 0 Å². The van der Waals surface area contributed by atoms with Crippen molar-refractivity contribution in [2.24, 2.45) is 0 Å². The van der Waals surface area contributed by atoms with Crippen LogP contribution < -0.4 is 5.32 Å². The van der Waals surface area contributed by atoms with Gasteiger partial charge in [-0.25, -0.2) is 0 Å². The molecule has 1 N–H and O–H groups in total. The summed E-state index contributed by atoms with van der Waals surface area (Å²) in [6, 6.07) is 0.397. The number of hydrogen-bond donors (Lipinski definition) is 1. The van der Waals surface area contributed by atoms with E-state index in [4.69, 9.17) is 0 Å². The van der Waals surface area contributed by atoms with Gasteiger partial charge in [-0.15, -0.1) is 0 Å². The lowest BCUT2D eigenvalue weighted by Crippen LogP contribution is -2.34. The van der Waals surface area contributed by atoms with Gasteiger partial charge >= 0.3 is 0 Å². The van der Waals surface area contributed by atoms with Crippen LogP contribution in [0.25, 0.3) is 0 Å². The maximum absolute atomic E-state index is 12.2. The monoisotopic (exact) mass is 437 g/mol. The highest BCUT2D eigenvalue weighted by Gasteiger charge is 2.09. The van der Waals surface area contributed by atoms with Gasteiger partial charge in [-0.2, -0.15) is 0 Å². The molecule has 0 aliphatic rings. The van der Waals surface area contributed by atoms with Gasteiger partial charge in [0.1, 0.15) is 0 Å². The van der Waals surface area contributed by atoms with Crippen LogP contribution in [0, 0.1) is 0 Å². The molecule has 1 unspecified atom stereocenters. The Morgan fingerprint density at radius 1 is 0.516 bits per heavy atom. The Hall–Kier alpha value is -0.530. The van der Waals surface area contributed by atoms with E-state index in [1.807, 2.05) is 0 Å². The zero-order valence-electron chi connectivity index (χ0n) is 22.0. The lowest BCUT2D eigenvalue weighted by molar-refractivity contribution is -0.122. The average molecular weight is 438 g/mol. The van der Waals surface area contributed by atoms with Crippen LogP contribution >= 0.6 is 0 Å². The Morgan fingerprint density at radius 3 is 1.26 bits per heavy atom. The Kier molecular flexibility index (Phi) is 25.3. The molecular formula is C29H59NO. The molecule has 0 aliphatic carbocycles. The van der Waals surface area contributed by atoms with Gasteiger partial charge in [0.05, 0.1) is 0 Å². The molecule has 2 heteroatoms. The summed E-state index contributed by atoms with van der Waals surface area (Å²) in [5.41, 5.74) is 0. The predicted molar refractivity (Wildman–Crippen MR) is 140 cm³/mol. The summed E-state index contributed by atoms with van der Waals surface area (Å²) >= 11 is 0. The van der Waals surface area contributed by atoms with Crippen LogP contribution in [0.15, 0.2) is 0 Å². The van der Waals surface area contributed by atoms with E-state index in [1.165, 1.54) is 128 Å². The first-order valence-electron chi connectivity index (χ1n) is 14.5. The van der Waals surface area contributed by atoms with Crippen molar-refractivity contribution in [2.75, 3.05) is 0 Å². The third-order valence-corrected chi connectivity index (χ3v) is 6.77. The van der Waals surface area contributed by atoms with Gasteiger partial charge < -0.3 is 5.32 Å². The fourth-order valence-corrected chi connectivity index (χ4v) is 4.51. The standard InChI is InChI=1S/C29H59NO/c1-4-7-9-11-13-15-17-19-21-23-25-27-29(31)30-28(6-3)26-24-22-20-18-16-14-12-10-8-5-2/h28H,4-27H2,1-3H3,(H,30,31). The summed E-state index contributed by atoms with van der Waals surface area (Å²) in [5, 5.41) is 3.29. The molecule has 1 atom stereocenters. The van der Waals surface area contributed by atoms with Gasteiger partial charge in [0.15, 0.2) is 0 Å². The van der Waals surface area contributed by atoms with Crippen LogP contribution in [0.4, 0.5) is 0 Å². The first kappa shape index (κ1) is 30.5. The molecule has 0 aromatic rings. The van der Waals surface area contributed by atoms with Gasteiger partial charge in [0.2, 0.25) is 5.91 Å². The molecule has 31 heavy (non-hydrogen) atoms. The van der Waals surface area contributed by atoms with Gasteiger partial charge in [0.25, 0.3) is 0 Å². The van der Waals surface area contributed by atoms with Crippen molar-refractivity contribution in [1.82, 2.24) is 5.32 Å². The summed E-state index contributed by atoms with van der Waals surface area (Å²) in [6.07, 6.45) is 31.5. The average Bonchev–Trinajstić information content (AvgIpc) is 2.77. The third kappa shape index (κ3) is 24.0. The van der Waals surface area contributed by atoms with Crippen molar-refractivity contribution >= 4 is 5.91 Å². The maximum atomic E-state index is 12.2. The topological polar surface area (TPSA) is 29.1 Å². The second-order valence-corrected chi connectivity index (χ2v) is 9.93. The first-order chi connectivity index (χ1) is 15.2. The van der Waals surface area contributed by atoms with Crippen molar-refractivity contribution in [1.29, 1.82) is 0 Å². The molecule has 0 radical (unpaired) electrons. The summed E-state index contributed by atoms with van der Waals surface area (Å²) in [4.78, 5) is 12.2. The number of nitrogens with one attached hydrogen (secondary N) is 1. The highest BCUT2D eigenvalue weighted by molar-refractivity contribution is 5.76. The van der Waals surface area contributed by atoms with Crippen molar-refractivity contribution in [3.8, 4) is 0 Å². The van der Waals surface area contributed by atoms with Crippen LogP contribution in [0.2, 0.25) is 0 Å². The largest absolute Gasteiger partial charge is 0.353 e. The van der Waals surface area contributed by atoms with Gasteiger partial charge in [-0.1, -0.05) is 149 Å². The van der Waals surface area contributed by atoms with Crippen LogP contribution in [0.1, 0.15) is 175 Å². The molecule has 0 aromatic heterocycles. The molecule has 0 aliphatic heterocycles. The molecule has 186 valence electrons. The molecule has 0 saturated heterocycles. The van der Waals surface area contributed by atoms with Crippen molar-refractivity contribution in [2.45, 2.75) is 181 Å². The minimum Gasteiger partial charge on any atom is -0.353 e. The summed E-state index contributed by atoms with van der Waals surface area (Å²) < 4.78 is 0. The van der Waals surface area contributed by atoms with E-state index in [0.29, 0.717) is 6.04 Å². The minimum atomic E-state index is 0.287. The highest BCUT2D eigenvalue weighted by atomic mass is 16.1. The number of carbonyl (C=O) groups excluding carboxylic acids is 1. The van der Waals surface area contributed by atoms with Crippen molar-refractivity contribution in [3.05, 3.63) is 0 Å². The molecule has 0 spiro atoms. The molecule has 0 saturated carbocycles. The Balaban J connectivity index is 3.44. The number of unbranched alkanes of at least 4 members (excludes halogenated alkanes) is 19. The number of amides is 1.